The molecular formula is C9H15NO2. The third-order valence-corrected chi connectivity index (χ3v) is 3.25. The topological polar surface area (TPSA) is 38.3 Å². The van der Waals surface area contributed by atoms with Crippen molar-refractivity contribution in [1.82, 2.24) is 5.32 Å². The molecule has 1 spiro atoms. The molecule has 12 heavy (non-hydrogen) atoms. The average molecular weight is 169 g/mol. The molecule has 0 amide bonds. The Morgan fingerprint density at radius 3 is 3.08 bits per heavy atom. The number of aldehydes is 1. The van der Waals surface area contributed by atoms with Crippen LogP contribution in [0.3, 0.4) is 0 Å². The summed E-state index contributed by atoms with van der Waals surface area (Å²) >= 11 is 0. The summed E-state index contributed by atoms with van der Waals surface area (Å²) in [6, 6.07) is 0. The summed E-state index contributed by atoms with van der Waals surface area (Å²) in [5, 5.41) is 3.25. The van der Waals surface area contributed by atoms with Gasteiger partial charge in [-0.3, -0.25) is 0 Å². The molecule has 0 bridgehead atoms. The Bertz CT molecular complexity index is 175. The van der Waals surface area contributed by atoms with Crippen LogP contribution in [0.2, 0.25) is 0 Å². The third-order valence-electron chi connectivity index (χ3n) is 3.25. The highest BCUT2D eigenvalue weighted by atomic mass is 16.5. The van der Waals surface area contributed by atoms with Gasteiger partial charge in [0.15, 0.2) is 0 Å². The van der Waals surface area contributed by atoms with E-state index in [1.807, 2.05) is 0 Å². The molecule has 2 unspecified atom stereocenters. The van der Waals surface area contributed by atoms with E-state index in [-0.39, 0.29) is 11.3 Å². The van der Waals surface area contributed by atoms with Crippen LogP contribution in [0.15, 0.2) is 0 Å². The highest BCUT2D eigenvalue weighted by Gasteiger charge is 2.43. The molecule has 0 aliphatic carbocycles. The molecule has 0 radical (unpaired) electrons. The summed E-state index contributed by atoms with van der Waals surface area (Å²) in [6.07, 6.45) is 3.26. The molecule has 2 rings (SSSR count). The number of nitrogens with one attached hydrogen (secondary N) is 1. The van der Waals surface area contributed by atoms with E-state index in [1.54, 1.807) is 0 Å². The first-order valence-electron chi connectivity index (χ1n) is 4.61. The molecule has 0 aromatic rings. The summed E-state index contributed by atoms with van der Waals surface area (Å²) in [7, 11) is 0. The van der Waals surface area contributed by atoms with E-state index in [9.17, 15) is 4.79 Å². The number of rotatable bonds is 1. The van der Waals surface area contributed by atoms with Crippen molar-refractivity contribution in [1.29, 1.82) is 0 Å². The van der Waals surface area contributed by atoms with Crippen molar-refractivity contribution >= 4 is 6.29 Å². The van der Waals surface area contributed by atoms with Crippen molar-refractivity contribution in [2.75, 3.05) is 26.3 Å². The maximum atomic E-state index is 10.8. The Labute approximate surface area is 72.5 Å². The van der Waals surface area contributed by atoms with Gasteiger partial charge in [0.2, 0.25) is 0 Å². The normalized spacial score (nSPS) is 41.8. The molecule has 3 nitrogen and oxygen atoms in total. The number of hydrogen-bond acceptors (Lipinski definition) is 3. The van der Waals surface area contributed by atoms with Crippen molar-refractivity contribution in [3.05, 3.63) is 0 Å². The van der Waals surface area contributed by atoms with Crippen LogP contribution in [0.1, 0.15) is 12.8 Å². The summed E-state index contributed by atoms with van der Waals surface area (Å²) < 4.78 is 5.38. The fourth-order valence-corrected chi connectivity index (χ4v) is 2.30. The minimum absolute atomic E-state index is 0.175. The molecule has 0 aromatic carbocycles. The highest BCUT2D eigenvalue weighted by molar-refractivity contribution is 5.56. The molecule has 1 N–H and O–H groups in total. The Kier molecular flexibility index (Phi) is 2.15. The smallest absolute Gasteiger partial charge is 0.124 e. The largest absolute Gasteiger partial charge is 0.381 e. The first-order chi connectivity index (χ1) is 5.87. The lowest BCUT2D eigenvalue weighted by Gasteiger charge is -2.37. The maximum absolute atomic E-state index is 10.8. The molecule has 68 valence electrons. The minimum Gasteiger partial charge on any atom is -0.381 e. The molecule has 2 saturated heterocycles. The standard InChI is InChI=1S/C9H15NO2/c11-6-8-5-10-3-1-9(8)2-4-12-7-9/h6,8,10H,1-5,7H2. The van der Waals surface area contributed by atoms with E-state index in [1.165, 1.54) is 0 Å². The zero-order valence-corrected chi connectivity index (χ0v) is 7.21. The quantitative estimate of drug-likeness (QED) is 0.570. The Balaban J connectivity index is 2.12. The lowest BCUT2D eigenvalue weighted by atomic mass is 9.71. The second kappa shape index (κ2) is 3.15. The molecule has 0 aromatic heterocycles. The van der Waals surface area contributed by atoms with Crippen molar-refractivity contribution in [2.24, 2.45) is 11.3 Å². The van der Waals surface area contributed by atoms with Crippen LogP contribution in [-0.2, 0) is 9.53 Å². The van der Waals surface area contributed by atoms with Gasteiger partial charge in [-0.25, -0.2) is 0 Å². The Morgan fingerprint density at radius 2 is 2.42 bits per heavy atom. The van der Waals surface area contributed by atoms with Crippen molar-refractivity contribution in [3.63, 3.8) is 0 Å². The van der Waals surface area contributed by atoms with Gasteiger partial charge in [0.05, 0.1) is 6.61 Å². The predicted octanol–water partition coefficient (Wildman–Crippen LogP) is 0.201. The fourth-order valence-electron chi connectivity index (χ4n) is 2.30. The van der Waals surface area contributed by atoms with E-state index in [2.05, 4.69) is 5.32 Å². The second-order valence-corrected chi connectivity index (χ2v) is 3.86. The van der Waals surface area contributed by atoms with Crippen molar-refractivity contribution in [3.8, 4) is 0 Å². The van der Waals surface area contributed by atoms with Crippen molar-refractivity contribution in [2.45, 2.75) is 12.8 Å². The SMILES string of the molecule is O=CC1CNCCC12CCOC2. The monoisotopic (exact) mass is 169 g/mol. The molecule has 2 aliphatic heterocycles. The van der Waals surface area contributed by atoms with Crippen LogP contribution >= 0.6 is 0 Å². The van der Waals surface area contributed by atoms with E-state index in [0.717, 1.165) is 45.4 Å². The van der Waals surface area contributed by atoms with E-state index < -0.39 is 0 Å². The minimum atomic E-state index is 0.175. The van der Waals surface area contributed by atoms with Crippen LogP contribution < -0.4 is 5.32 Å². The van der Waals surface area contributed by atoms with E-state index in [4.69, 9.17) is 4.74 Å². The van der Waals surface area contributed by atoms with Gasteiger partial charge in [-0.15, -0.1) is 0 Å². The number of carbonyl (C=O) groups is 1. The van der Waals surface area contributed by atoms with Crippen LogP contribution in [0.25, 0.3) is 0 Å². The van der Waals surface area contributed by atoms with Crippen molar-refractivity contribution < 1.29 is 9.53 Å². The molecule has 2 heterocycles. The summed E-state index contributed by atoms with van der Waals surface area (Å²) in [4.78, 5) is 10.8. The summed E-state index contributed by atoms with van der Waals surface area (Å²) in [6.45, 7) is 3.50. The van der Waals surface area contributed by atoms with Gasteiger partial charge in [0.1, 0.15) is 6.29 Å². The average Bonchev–Trinajstić information content (AvgIpc) is 2.55. The zero-order chi connectivity index (χ0) is 8.44. The Hall–Kier alpha value is -0.410. The number of piperidine rings is 1. The molecule has 2 fully saturated rings. The van der Waals surface area contributed by atoms with Crippen LogP contribution in [-0.4, -0.2) is 32.6 Å². The first-order valence-corrected chi connectivity index (χ1v) is 4.61. The molecule has 2 aliphatic rings. The number of ether oxygens (including phenoxy) is 1. The lowest BCUT2D eigenvalue weighted by Crippen LogP contribution is -2.46. The van der Waals surface area contributed by atoms with Crippen LogP contribution in [0.4, 0.5) is 0 Å². The number of carbonyl (C=O) groups excluding carboxylic acids is 1. The van der Waals surface area contributed by atoms with Gasteiger partial charge in [0.25, 0.3) is 0 Å². The van der Waals surface area contributed by atoms with E-state index in [0.29, 0.717) is 0 Å². The lowest BCUT2D eigenvalue weighted by molar-refractivity contribution is -0.116. The molecule has 0 saturated carbocycles. The highest BCUT2D eigenvalue weighted by Crippen LogP contribution is 2.40. The van der Waals surface area contributed by atoms with E-state index >= 15 is 0 Å². The molecule has 2 atom stereocenters. The Morgan fingerprint density at radius 1 is 1.50 bits per heavy atom. The molecular weight excluding hydrogens is 154 g/mol. The summed E-state index contributed by atoms with van der Waals surface area (Å²) in [5.41, 5.74) is 0.188. The zero-order valence-electron chi connectivity index (χ0n) is 7.21. The van der Waals surface area contributed by atoms with Gasteiger partial charge < -0.3 is 14.8 Å². The van der Waals surface area contributed by atoms with Crippen LogP contribution in [0, 0.1) is 11.3 Å². The fraction of sp³-hybridized carbons (Fsp3) is 0.889. The second-order valence-electron chi connectivity index (χ2n) is 3.86. The van der Waals surface area contributed by atoms with Gasteiger partial charge in [-0.2, -0.15) is 0 Å². The predicted molar refractivity (Wildman–Crippen MR) is 44.9 cm³/mol. The van der Waals surface area contributed by atoms with Gasteiger partial charge in [-0.1, -0.05) is 0 Å². The van der Waals surface area contributed by atoms with Gasteiger partial charge >= 0.3 is 0 Å². The summed E-state index contributed by atoms with van der Waals surface area (Å²) in [5.74, 6) is 0.175. The van der Waals surface area contributed by atoms with Gasteiger partial charge in [0, 0.05) is 24.5 Å². The van der Waals surface area contributed by atoms with Gasteiger partial charge in [-0.05, 0) is 19.4 Å². The first kappa shape index (κ1) is 8.20. The number of hydrogen-bond donors (Lipinski definition) is 1. The maximum Gasteiger partial charge on any atom is 0.124 e. The molecule has 3 heteroatoms. The van der Waals surface area contributed by atoms with Crippen LogP contribution in [0.5, 0.6) is 0 Å². The third kappa shape index (κ3) is 1.17.